The molecule has 0 unspecified atom stereocenters. The van der Waals surface area contributed by atoms with Crippen molar-refractivity contribution in [3.05, 3.63) is 12.2 Å². The van der Waals surface area contributed by atoms with Gasteiger partial charge in [0.15, 0.2) is 0 Å². The van der Waals surface area contributed by atoms with E-state index in [-0.39, 0.29) is 0 Å². The standard InChI is InChI=1S/C8H13NO/c1-8-2-4-9(5-3-8)6-7-10/h7H,1-6H2. The Morgan fingerprint density at radius 1 is 1.50 bits per heavy atom. The highest BCUT2D eigenvalue weighted by molar-refractivity contribution is 5.52. The van der Waals surface area contributed by atoms with Crippen molar-refractivity contribution in [1.29, 1.82) is 0 Å². The molecule has 0 atom stereocenters. The molecule has 0 spiro atoms. The molecule has 1 heterocycles. The summed E-state index contributed by atoms with van der Waals surface area (Å²) in [6.45, 7) is 6.51. The normalized spacial score (nSPS) is 21.0. The summed E-state index contributed by atoms with van der Waals surface area (Å²) in [5.41, 5.74) is 1.32. The fraction of sp³-hybridized carbons (Fsp3) is 0.625. The first kappa shape index (κ1) is 7.48. The number of likely N-dealkylation sites (tertiary alicyclic amines) is 1. The van der Waals surface area contributed by atoms with Crippen LogP contribution in [0, 0.1) is 0 Å². The van der Waals surface area contributed by atoms with Crippen LogP contribution in [0.15, 0.2) is 12.2 Å². The minimum Gasteiger partial charge on any atom is -0.302 e. The monoisotopic (exact) mass is 139 g/mol. The Balaban J connectivity index is 2.25. The van der Waals surface area contributed by atoms with Gasteiger partial charge in [-0.3, -0.25) is 4.90 Å². The molecule has 1 aliphatic heterocycles. The molecule has 0 aromatic rings. The molecule has 1 aliphatic rings. The molecule has 0 aliphatic carbocycles. The van der Waals surface area contributed by atoms with Gasteiger partial charge >= 0.3 is 0 Å². The van der Waals surface area contributed by atoms with Gasteiger partial charge in [-0.1, -0.05) is 12.2 Å². The Bertz CT molecular complexity index is 132. The SMILES string of the molecule is C=C1CCN(CC=O)CC1. The average molecular weight is 139 g/mol. The van der Waals surface area contributed by atoms with E-state index in [4.69, 9.17) is 0 Å². The average Bonchev–Trinajstić information content (AvgIpc) is 1.95. The molecule has 0 radical (unpaired) electrons. The number of aldehydes is 1. The molecule has 0 saturated carbocycles. The van der Waals surface area contributed by atoms with E-state index in [1.165, 1.54) is 5.57 Å². The lowest BCUT2D eigenvalue weighted by molar-refractivity contribution is -0.108. The lowest BCUT2D eigenvalue weighted by Gasteiger charge is -2.25. The Morgan fingerprint density at radius 3 is 2.60 bits per heavy atom. The van der Waals surface area contributed by atoms with Gasteiger partial charge in [0.1, 0.15) is 6.29 Å². The van der Waals surface area contributed by atoms with Crippen molar-refractivity contribution in [2.75, 3.05) is 19.6 Å². The minimum atomic E-state index is 0.591. The third-order valence-corrected chi connectivity index (χ3v) is 1.90. The van der Waals surface area contributed by atoms with Gasteiger partial charge < -0.3 is 4.79 Å². The van der Waals surface area contributed by atoms with Crippen molar-refractivity contribution in [2.45, 2.75) is 12.8 Å². The Kier molecular flexibility index (Phi) is 2.63. The van der Waals surface area contributed by atoms with Crippen LogP contribution in [0.3, 0.4) is 0 Å². The van der Waals surface area contributed by atoms with Crippen LogP contribution in [-0.4, -0.2) is 30.8 Å². The molecule has 1 rings (SSSR count). The summed E-state index contributed by atoms with van der Waals surface area (Å²) < 4.78 is 0. The summed E-state index contributed by atoms with van der Waals surface area (Å²) >= 11 is 0. The zero-order valence-corrected chi connectivity index (χ0v) is 6.18. The van der Waals surface area contributed by atoms with Crippen molar-refractivity contribution >= 4 is 6.29 Å². The summed E-state index contributed by atoms with van der Waals surface area (Å²) in [4.78, 5) is 12.2. The van der Waals surface area contributed by atoms with E-state index < -0.39 is 0 Å². The quantitative estimate of drug-likeness (QED) is 0.417. The van der Waals surface area contributed by atoms with Gasteiger partial charge in [-0.05, 0) is 12.8 Å². The van der Waals surface area contributed by atoms with Gasteiger partial charge in [0.2, 0.25) is 0 Å². The first-order valence-electron chi connectivity index (χ1n) is 3.65. The van der Waals surface area contributed by atoms with Crippen LogP contribution in [0.5, 0.6) is 0 Å². The highest BCUT2D eigenvalue weighted by atomic mass is 16.1. The molecule has 10 heavy (non-hydrogen) atoms. The first-order chi connectivity index (χ1) is 4.83. The second-order valence-electron chi connectivity index (χ2n) is 2.72. The van der Waals surface area contributed by atoms with E-state index >= 15 is 0 Å². The maximum atomic E-state index is 10.1. The van der Waals surface area contributed by atoms with E-state index in [2.05, 4.69) is 11.5 Å². The maximum Gasteiger partial charge on any atom is 0.133 e. The van der Waals surface area contributed by atoms with Crippen LogP contribution >= 0.6 is 0 Å². The number of carbonyl (C=O) groups excluding carboxylic acids is 1. The van der Waals surface area contributed by atoms with Crippen LogP contribution in [0.25, 0.3) is 0 Å². The predicted molar refractivity (Wildman–Crippen MR) is 40.9 cm³/mol. The molecule has 1 saturated heterocycles. The Morgan fingerprint density at radius 2 is 2.10 bits per heavy atom. The maximum absolute atomic E-state index is 10.1. The van der Waals surface area contributed by atoms with Crippen LogP contribution in [0.4, 0.5) is 0 Å². The van der Waals surface area contributed by atoms with Crippen molar-refractivity contribution in [3.8, 4) is 0 Å². The van der Waals surface area contributed by atoms with E-state index in [0.717, 1.165) is 32.2 Å². The molecular weight excluding hydrogens is 126 g/mol. The number of hydrogen-bond acceptors (Lipinski definition) is 2. The predicted octanol–water partition coefficient (Wildman–Crippen LogP) is 0.837. The van der Waals surface area contributed by atoms with Crippen molar-refractivity contribution in [3.63, 3.8) is 0 Å². The summed E-state index contributed by atoms with van der Waals surface area (Å²) in [6.07, 6.45) is 3.09. The van der Waals surface area contributed by atoms with Gasteiger partial charge in [0.25, 0.3) is 0 Å². The second-order valence-corrected chi connectivity index (χ2v) is 2.72. The zero-order valence-electron chi connectivity index (χ0n) is 6.18. The summed E-state index contributed by atoms with van der Waals surface area (Å²) in [5.74, 6) is 0. The van der Waals surface area contributed by atoms with E-state index in [1.54, 1.807) is 0 Å². The van der Waals surface area contributed by atoms with Crippen molar-refractivity contribution in [1.82, 2.24) is 4.90 Å². The third kappa shape index (κ3) is 1.95. The van der Waals surface area contributed by atoms with Gasteiger partial charge in [-0.15, -0.1) is 0 Å². The molecule has 0 bridgehead atoms. The van der Waals surface area contributed by atoms with Gasteiger partial charge in [-0.2, -0.15) is 0 Å². The summed E-state index contributed by atoms with van der Waals surface area (Å²) in [7, 11) is 0. The van der Waals surface area contributed by atoms with Gasteiger partial charge in [0, 0.05) is 13.1 Å². The molecule has 2 nitrogen and oxygen atoms in total. The third-order valence-electron chi connectivity index (χ3n) is 1.90. The second kappa shape index (κ2) is 3.52. The number of rotatable bonds is 2. The molecule has 0 aromatic heterocycles. The highest BCUT2D eigenvalue weighted by Gasteiger charge is 2.10. The number of nitrogens with zero attached hydrogens (tertiary/aromatic N) is 1. The fourth-order valence-electron chi connectivity index (χ4n) is 1.16. The summed E-state index contributed by atoms with van der Waals surface area (Å²) in [5, 5.41) is 0. The molecule has 0 aromatic carbocycles. The smallest absolute Gasteiger partial charge is 0.133 e. The topological polar surface area (TPSA) is 20.3 Å². The van der Waals surface area contributed by atoms with Gasteiger partial charge in [-0.25, -0.2) is 0 Å². The molecule has 0 N–H and O–H groups in total. The van der Waals surface area contributed by atoms with Crippen LogP contribution in [0.1, 0.15) is 12.8 Å². The lowest BCUT2D eigenvalue weighted by Crippen LogP contribution is -2.31. The molecule has 0 amide bonds. The van der Waals surface area contributed by atoms with E-state index in [0.29, 0.717) is 6.54 Å². The lowest BCUT2D eigenvalue weighted by atomic mass is 10.1. The number of carbonyl (C=O) groups is 1. The van der Waals surface area contributed by atoms with E-state index in [9.17, 15) is 4.79 Å². The molecule has 1 fully saturated rings. The number of hydrogen-bond donors (Lipinski definition) is 0. The van der Waals surface area contributed by atoms with Gasteiger partial charge in [0.05, 0.1) is 6.54 Å². The van der Waals surface area contributed by atoms with Crippen molar-refractivity contribution < 1.29 is 4.79 Å². The molecular formula is C8H13NO. The Labute approximate surface area is 61.5 Å². The highest BCUT2D eigenvalue weighted by Crippen LogP contribution is 2.12. The summed E-state index contributed by atoms with van der Waals surface area (Å²) in [6, 6.07) is 0. The Hall–Kier alpha value is -0.630. The van der Waals surface area contributed by atoms with Crippen LogP contribution in [-0.2, 0) is 4.79 Å². The van der Waals surface area contributed by atoms with Crippen molar-refractivity contribution in [2.24, 2.45) is 0 Å². The van der Waals surface area contributed by atoms with Crippen LogP contribution < -0.4 is 0 Å². The number of piperidine rings is 1. The van der Waals surface area contributed by atoms with Crippen LogP contribution in [0.2, 0.25) is 0 Å². The fourth-order valence-corrected chi connectivity index (χ4v) is 1.16. The first-order valence-corrected chi connectivity index (χ1v) is 3.65. The largest absolute Gasteiger partial charge is 0.302 e. The molecule has 2 heteroatoms. The molecule has 56 valence electrons. The van der Waals surface area contributed by atoms with E-state index in [1.807, 2.05) is 0 Å². The minimum absolute atomic E-state index is 0.591. The zero-order chi connectivity index (χ0) is 7.40.